The third-order valence-corrected chi connectivity index (χ3v) is 5.38. The third-order valence-electron chi connectivity index (χ3n) is 5.38. The molecule has 0 unspecified atom stereocenters. The first-order chi connectivity index (χ1) is 18.4. The summed E-state index contributed by atoms with van der Waals surface area (Å²) in [5.41, 5.74) is 5.72. The molecule has 0 amide bonds. The van der Waals surface area contributed by atoms with Crippen molar-refractivity contribution in [1.29, 1.82) is 10.5 Å². The zero-order chi connectivity index (χ0) is 27.3. The maximum Gasteiger partial charge on any atom is 0.151 e. The average molecular weight is 507 g/mol. The Bertz CT molecular complexity index is 1490. The fourth-order valence-corrected chi connectivity index (χ4v) is 3.31. The molecule has 4 aromatic rings. The Hall–Kier alpha value is -5.05. The standard InChI is InChI=1S/C15H14N2O2.C15H12N2O2/c2*1-11-15(6-14(9-18)8-17-11)19-10-13-4-2-3-12(5-13)7-16/h2-6,8,18H,9-10H2,1H3;2-6,8-9H,10H2,1H3. The number of nitrogens with zero attached hydrogens (tertiary/aromatic N) is 4. The van der Waals surface area contributed by atoms with Gasteiger partial charge < -0.3 is 14.6 Å². The minimum absolute atomic E-state index is 0.0619. The summed E-state index contributed by atoms with van der Waals surface area (Å²) in [5.74, 6) is 1.22. The van der Waals surface area contributed by atoms with Crippen molar-refractivity contribution >= 4 is 6.29 Å². The van der Waals surface area contributed by atoms with Gasteiger partial charge in [0.05, 0.1) is 41.3 Å². The molecule has 4 rings (SSSR count). The van der Waals surface area contributed by atoms with Crippen molar-refractivity contribution < 1.29 is 19.4 Å². The van der Waals surface area contributed by atoms with Crippen LogP contribution in [-0.4, -0.2) is 21.4 Å². The van der Waals surface area contributed by atoms with Crippen molar-refractivity contribution in [2.45, 2.75) is 33.7 Å². The molecule has 38 heavy (non-hydrogen) atoms. The summed E-state index contributed by atoms with van der Waals surface area (Å²) in [6.45, 7) is 4.30. The number of aliphatic hydroxyl groups is 1. The summed E-state index contributed by atoms with van der Waals surface area (Å²) in [5, 5.41) is 26.7. The Morgan fingerprint density at radius 1 is 0.789 bits per heavy atom. The second kappa shape index (κ2) is 13.9. The maximum atomic E-state index is 10.7. The van der Waals surface area contributed by atoms with Crippen LogP contribution in [0.15, 0.2) is 73.1 Å². The van der Waals surface area contributed by atoms with Gasteiger partial charge in [0, 0.05) is 18.0 Å². The second-order valence-electron chi connectivity index (χ2n) is 8.26. The smallest absolute Gasteiger partial charge is 0.151 e. The molecule has 0 saturated heterocycles. The monoisotopic (exact) mass is 506 g/mol. The number of aryl methyl sites for hydroxylation is 2. The van der Waals surface area contributed by atoms with Crippen LogP contribution in [0.5, 0.6) is 11.5 Å². The molecule has 0 fully saturated rings. The minimum Gasteiger partial charge on any atom is -0.487 e. The number of rotatable bonds is 8. The van der Waals surface area contributed by atoms with E-state index in [0.29, 0.717) is 47.0 Å². The molecule has 0 aliphatic heterocycles. The van der Waals surface area contributed by atoms with Gasteiger partial charge in [0.1, 0.15) is 24.7 Å². The van der Waals surface area contributed by atoms with E-state index in [1.54, 1.807) is 42.6 Å². The number of aliphatic hydroxyl groups excluding tert-OH is 1. The summed E-state index contributed by atoms with van der Waals surface area (Å²) < 4.78 is 11.3. The van der Waals surface area contributed by atoms with Gasteiger partial charge >= 0.3 is 0 Å². The highest BCUT2D eigenvalue weighted by atomic mass is 16.5. The Morgan fingerprint density at radius 3 is 1.82 bits per heavy atom. The Morgan fingerprint density at radius 2 is 1.32 bits per heavy atom. The number of nitriles is 2. The molecule has 2 aromatic carbocycles. The predicted molar refractivity (Wildman–Crippen MR) is 140 cm³/mol. The Balaban J connectivity index is 0.000000211. The zero-order valence-electron chi connectivity index (χ0n) is 21.1. The molecule has 0 aliphatic carbocycles. The highest BCUT2D eigenvalue weighted by Crippen LogP contribution is 2.20. The van der Waals surface area contributed by atoms with E-state index in [1.807, 2.05) is 38.1 Å². The van der Waals surface area contributed by atoms with Gasteiger partial charge in [-0.15, -0.1) is 0 Å². The number of carbonyl (C=O) groups excluding carboxylic acids is 1. The number of pyridine rings is 2. The molecule has 190 valence electrons. The first kappa shape index (κ1) is 27.5. The number of carbonyl (C=O) groups is 1. The van der Waals surface area contributed by atoms with E-state index in [4.69, 9.17) is 25.1 Å². The molecule has 0 aliphatic rings. The van der Waals surface area contributed by atoms with Crippen molar-refractivity contribution in [3.63, 3.8) is 0 Å². The lowest BCUT2D eigenvalue weighted by atomic mass is 10.1. The van der Waals surface area contributed by atoms with Crippen LogP contribution in [0.3, 0.4) is 0 Å². The van der Waals surface area contributed by atoms with E-state index in [1.165, 1.54) is 6.20 Å². The van der Waals surface area contributed by atoms with E-state index in [9.17, 15) is 4.79 Å². The van der Waals surface area contributed by atoms with Crippen LogP contribution in [0.25, 0.3) is 0 Å². The number of aromatic nitrogens is 2. The van der Waals surface area contributed by atoms with Gasteiger partial charge in [-0.05, 0) is 66.9 Å². The van der Waals surface area contributed by atoms with Crippen LogP contribution in [-0.2, 0) is 19.8 Å². The molecule has 8 heteroatoms. The lowest BCUT2D eigenvalue weighted by molar-refractivity contribution is 0.112. The van der Waals surface area contributed by atoms with Crippen molar-refractivity contribution in [3.05, 3.63) is 118 Å². The highest BCUT2D eigenvalue weighted by molar-refractivity contribution is 5.75. The molecule has 0 atom stereocenters. The number of benzene rings is 2. The maximum absolute atomic E-state index is 10.7. The Kier molecular flexibility index (Phi) is 10.1. The van der Waals surface area contributed by atoms with E-state index in [-0.39, 0.29) is 6.61 Å². The van der Waals surface area contributed by atoms with Crippen LogP contribution in [0.4, 0.5) is 0 Å². The summed E-state index contributed by atoms with van der Waals surface area (Å²) in [7, 11) is 0. The minimum atomic E-state index is -0.0619. The number of hydrogen-bond donors (Lipinski definition) is 1. The molecule has 0 radical (unpaired) electrons. The molecule has 2 heterocycles. The quantitative estimate of drug-likeness (QED) is 0.331. The number of hydrogen-bond acceptors (Lipinski definition) is 8. The molecule has 1 N–H and O–H groups in total. The molecular formula is C30H26N4O4. The van der Waals surface area contributed by atoms with Crippen molar-refractivity contribution in [1.82, 2.24) is 9.97 Å². The average Bonchev–Trinajstić information content (AvgIpc) is 2.97. The van der Waals surface area contributed by atoms with Gasteiger partial charge in [0.25, 0.3) is 0 Å². The fraction of sp³-hybridized carbons (Fsp3) is 0.167. The van der Waals surface area contributed by atoms with Crippen LogP contribution in [0, 0.1) is 36.5 Å². The first-order valence-corrected chi connectivity index (χ1v) is 11.7. The predicted octanol–water partition coefficient (Wildman–Crippen LogP) is 4.99. The number of ether oxygens (including phenoxy) is 2. The molecule has 0 spiro atoms. The fourth-order valence-electron chi connectivity index (χ4n) is 3.31. The van der Waals surface area contributed by atoms with Gasteiger partial charge in [0.2, 0.25) is 0 Å². The molecule has 0 saturated carbocycles. The van der Waals surface area contributed by atoms with Crippen molar-refractivity contribution in [3.8, 4) is 23.6 Å². The largest absolute Gasteiger partial charge is 0.487 e. The highest BCUT2D eigenvalue weighted by Gasteiger charge is 2.05. The van der Waals surface area contributed by atoms with Gasteiger partial charge in [-0.1, -0.05) is 24.3 Å². The number of aldehydes is 1. The normalized spacial score (nSPS) is 9.82. The molecule has 0 bridgehead atoms. The van der Waals surface area contributed by atoms with Gasteiger partial charge in [-0.3, -0.25) is 14.8 Å². The summed E-state index contributed by atoms with van der Waals surface area (Å²) in [6, 6.07) is 22.1. The van der Waals surface area contributed by atoms with E-state index in [2.05, 4.69) is 22.1 Å². The SMILES string of the molecule is Cc1ncc(C=O)cc1OCc1cccc(C#N)c1.Cc1ncc(CO)cc1OCc1cccc(C#N)c1. The van der Waals surface area contributed by atoms with E-state index < -0.39 is 0 Å². The zero-order valence-corrected chi connectivity index (χ0v) is 21.1. The molecular weight excluding hydrogens is 480 g/mol. The summed E-state index contributed by atoms with van der Waals surface area (Å²) in [4.78, 5) is 18.9. The summed E-state index contributed by atoms with van der Waals surface area (Å²) in [6.07, 6.45) is 3.86. The van der Waals surface area contributed by atoms with Crippen LogP contribution in [0.2, 0.25) is 0 Å². The van der Waals surface area contributed by atoms with Gasteiger partial charge in [-0.25, -0.2) is 0 Å². The van der Waals surface area contributed by atoms with Crippen molar-refractivity contribution in [2.24, 2.45) is 0 Å². The topological polar surface area (TPSA) is 129 Å². The third kappa shape index (κ3) is 7.99. The lowest BCUT2D eigenvalue weighted by Crippen LogP contribution is -2.00. The van der Waals surface area contributed by atoms with Crippen LogP contribution in [0.1, 0.15) is 49.6 Å². The van der Waals surface area contributed by atoms with E-state index in [0.717, 1.165) is 28.8 Å². The van der Waals surface area contributed by atoms with Crippen LogP contribution >= 0.6 is 0 Å². The van der Waals surface area contributed by atoms with E-state index >= 15 is 0 Å². The lowest BCUT2D eigenvalue weighted by Gasteiger charge is -2.09. The Labute approximate surface area is 221 Å². The summed E-state index contributed by atoms with van der Waals surface area (Å²) >= 11 is 0. The molecule has 8 nitrogen and oxygen atoms in total. The second-order valence-corrected chi connectivity index (χ2v) is 8.26. The van der Waals surface area contributed by atoms with Crippen molar-refractivity contribution in [2.75, 3.05) is 0 Å². The first-order valence-electron chi connectivity index (χ1n) is 11.7. The van der Waals surface area contributed by atoms with Gasteiger partial charge in [0.15, 0.2) is 6.29 Å². The van der Waals surface area contributed by atoms with Crippen LogP contribution < -0.4 is 9.47 Å². The molecule has 2 aromatic heterocycles. The van der Waals surface area contributed by atoms with Gasteiger partial charge in [-0.2, -0.15) is 10.5 Å².